The van der Waals surface area contributed by atoms with Gasteiger partial charge >= 0.3 is 0 Å². The molecule has 0 saturated carbocycles. The lowest BCUT2D eigenvalue weighted by Crippen LogP contribution is -2.22. The topological polar surface area (TPSA) is 69.3 Å². The quantitative estimate of drug-likeness (QED) is 0.428. The average molecular weight is 483 g/mol. The van der Waals surface area contributed by atoms with Gasteiger partial charge < -0.3 is 29.2 Å². The zero-order chi connectivity index (χ0) is 22.8. The largest absolute Gasteiger partial charge is 0.454 e. The van der Waals surface area contributed by atoms with Crippen LogP contribution in [0.1, 0.15) is 35.8 Å². The first kappa shape index (κ1) is 23.6. The van der Waals surface area contributed by atoms with Crippen molar-refractivity contribution < 1.29 is 23.7 Å². The molecule has 0 bridgehead atoms. The first-order valence-electron chi connectivity index (χ1n) is 11.1. The number of ether oxygens (including phenoxy) is 4. The third kappa shape index (κ3) is 4.56. The summed E-state index contributed by atoms with van der Waals surface area (Å²) in [5.74, 6) is 2.45. The number of benzene rings is 3. The van der Waals surface area contributed by atoms with E-state index >= 15 is 0 Å². The van der Waals surface area contributed by atoms with Crippen LogP contribution in [0.2, 0.25) is 0 Å². The fourth-order valence-corrected chi connectivity index (χ4v) is 4.13. The normalized spacial score (nSPS) is 13.7. The summed E-state index contributed by atoms with van der Waals surface area (Å²) in [6, 6.07) is 18.4. The molecule has 178 valence electrons. The van der Waals surface area contributed by atoms with Gasteiger partial charge in [0.25, 0.3) is 0 Å². The van der Waals surface area contributed by atoms with Gasteiger partial charge in [0, 0.05) is 30.0 Å². The summed E-state index contributed by atoms with van der Waals surface area (Å²) < 4.78 is 21.9. The third-order valence-corrected chi connectivity index (χ3v) is 5.96. The Balaban J connectivity index is 0.00000274. The number of ketones is 1. The molecular formula is C26H27ClN2O5. The van der Waals surface area contributed by atoms with E-state index in [0.717, 1.165) is 30.0 Å². The van der Waals surface area contributed by atoms with Crippen LogP contribution in [0.5, 0.6) is 23.0 Å². The number of hydrogen-bond donors (Lipinski definition) is 1. The van der Waals surface area contributed by atoms with Crippen LogP contribution in [0.4, 0.5) is 11.4 Å². The van der Waals surface area contributed by atoms with E-state index in [-0.39, 0.29) is 31.8 Å². The van der Waals surface area contributed by atoms with Crippen molar-refractivity contribution in [3.63, 3.8) is 0 Å². The lowest BCUT2D eigenvalue weighted by Gasteiger charge is -2.23. The van der Waals surface area contributed by atoms with Crippen LogP contribution in [-0.4, -0.2) is 32.5 Å². The van der Waals surface area contributed by atoms with Gasteiger partial charge in [-0.15, -0.1) is 12.4 Å². The highest BCUT2D eigenvalue weighted by Gasteiger charge is 2.26. The lowest BCUT2D eigenvalue weighted by molar-refractivity contribution is 0.0969. The van der Waals surface area contributed by atoms with Gasteiger partial charge in [0.2, 0.25) is 13.6 Å². The van der Waals surface area contributed by atoms with Crippen molar-refractivity contribution in [3.8, 4) is 23.0 Å². The van der Waals surface area contributed by atoms with Gasteiger partial charge in [-0.1, -0.05) is 6.07 Å². The van der Waals surface area contributed by atoms with Crippen molar-refractivity contribution in [2.45, 2.75) is 19.9 Å². The molecule has 0 saturated heterocycles. The Morgan fingerprint density at radius 1 is 0.824 bits per heavy atom. The van der Waals surface area contributed by atoms with Gasteiger partial charge in [-0.05, 0) is 74.0 Å². The predicted octanol–water partition coefficient (Wildman–Crippen LogP) is 5.45. The minimum atomic E-state index is -0.626. The van der Waals surface area contributed by atoms with Crippen molar-refractivity contribution in [3.05, 3.63) is 71.8 Å². The van der Waals surface area contributed by atoms with E-state index in [9.17, 15) is 4.79 Å². The molecule has 0 aliphatic carbocycles. The van der Waals surface area contributed by atoms with Crippen molar-refractivity contribution >= 4 is 29.6 Å². The molecule has 1 atom stereocenters. The predicted molar refractivity (Wildman–Crippen MR) is 133 cm³/mol. The van der Waals surface area contributed by atoms with Crippen LogP contribution in [0.25, 0.3) is 0 Å². The summed E-state index contributed by atoms with van der Waals surface area (Å²) in [5.41, 5.74) is 3.32. The number of Topliss-reactive ketones (excluding diaryl/α,β-unsaturated/α-hetero) is 1. The van der Waals surface area contributed by atoms with E-state index in [2.05, 4.69) is 36.2 Å². The maximum atomic E-state index is 13.7. The molecule has 2 aliphatic rings. The van der Waals surface area contributed by atoms with Crippen molar-refractivity contribution in [1.29, 1.82) is 0 Å². The minimum absolute atomic E-state index is 0. The van der Waals surface area contributed by atoms with Crippen LogP contribution in [0.3, 0.4) is 0 Å². The molecule has 0 fully saturated rings. The summed E-state index contributed by atoms with van der Waals surface area (Å²) in [6.07, 6.45) is 0. The van der Waals surface area contributed by atoms with E-state index in [0.29, 0.717) is 28.6 Å². The molecule has 0 spiro atoms. The molecule has 2 heterocycles. The van der Waals surface area contributed by atoms with E-state index in [4.69, 9.17) is 18.9 Å². The van der Waals surface area contributed by atoms with E-state index in [1.807, 2.05) is 30.3 Å². The number of carbonyl (C=O) groups is 1. The summed E-state index contributed by atoms with van der Waals surface area (Å²) in [4.78, 5) is 16.0. The first-order chi connectivity index (χ1) is 16.2. The monoisotopic (exact) mass is 482 g/mol. The van der Waals surface area contributed by atoms with Gasteiger partial charge in [0.15, 0.2) is 28.8 Å². The molecule has 2 aliphatic heterocycles. The zero-order valence-corrected chi connectivity index (χ0v) is 19.9. The van der Waals surface area contributed by atoms with Crippen LogP contribution in [-0.2, 0) is 0 Å². The highest BCUT2D eigenvalue weighted by atomic mass is 35.5. The number of nitrogens with one attached hydrogen (secondary N) is 1. The fraction of sp³-hybridized carbons (Fsp3) is 0.269. The van der Waals surface area contributed by atoms with E-state index < -0.39 is 6.04 Å². The zero-order valence-electron chi connectivity index (χ0n) is 19.1. The minimum Gasteiger partial charge on any atom is -0.454 e. The number of anilines is 2. The molecule has 0 radical (unpaired) electrons. The standard InChI is InChI=1S/C26H26N2O5.ClH/c1-3-28(4-2)20-9-7-19(8-10-20)27-25(17-5-11-21-23(13-17)32-15-30-21)26(29)18-6-12-22-24(14-18)33-16-31-22;/h5-14,25,27H,3-4,15-16H2,1-2H3;1H. The molecule has 3 aromatic carbocycles. The third-order valence-electron chi connectivity index (χ3n) is 5.96. The second-order valence-corrected chi connectivity index (χ2v) is 7.84. The Hall–Kier alpha value is -3.58. The Labute approximate surface area is 205 Å². The summed E-state index contributed by atoms with van der Waals surface area (Å²) >= 11 is 0. The number of hydrogen-bond acceptors (Lipinski definition) is 7. The molecule has 0 amide bonds. The summed E-state index contributed by atoms with van der Waals surface area (Å²) in [7, 11) is 0. The number of nitrogens with zero attached hydrogens (tertiary/aromatic N) is 1. The fourth-order valence-electron chi connectivity index (χ4n) is 4.13. The summed E-state index contributed by atoms with van der Waals surface area (Å²) in [6.45, 7) is 6.48. The summed E-state index contributed by atoms with van der Waals surface area (Å²) in [5, 5.41) is 3.42. The number of halogens is 1. The van der Waals surface area contributed by atoms with Gasteiger partial charge in [-0.25, -0.2) is 0 Å². The van der Waals surface area contributed by atoms with Crippen LogP contribution in [0.15, 0.2) is 60.7 Å². The molecule has 34 heavy (non-hydrogen) atoms. The molecule has 1 unspecified atom stereocenters. The van der Waals surface area contributed by atoms with Crippen molar-refractivity contribution in [2.24, 2.45) is 0 Å². The Morgan fingerprint density at radius 2 is 1.41 bits per heavy atom. The molecule has 1 N–H and O–H groups in total. The number of rotatable bonds is 8. The van der Waals surface area contributed by atoms with Crippen LogP contribution in [0, 0.1) is 0 Å². The van der Waals surface area contributed by atoms with Crippen molar-refractivity contribution in [1.82, 2.24) is 0 Å². The van der Waals surface area contributed by atoms with Gasteiger partial charge in [-0.3, -0.25) is 4.79 Å². The molecule has 0 aromatic heterocycles. The van der Waals surface area contributed by atoms with Crippen LogP contribution < -0.4 is 29.2 Å². The van der Waals surface area contributed by atoms with E-state index in [1.54, 1.807) is 18.2 Å². The lowest BCUT2D eigenvalue weighted by atomic mass is 9.96. The highest BCUT2D eigenvalue weighted by molar-refractivity contribution is 6.03. The first-order valence-corrected chi connectivity index (χ1v) is 11.1. The molecule has 7 nitrogen and oxygen atoms in total. The van der Waals surface area contributed by atoms with Crippen LogP contribution >= 0.6 is 12.4 Å². The van der Waals surface area contributed by atoms with E-state index in [1.165, 1.54) is 0 Å². The number of carbonyl (C=O) groups excluding carboxylic acids is 1. The maximum absolute atomic E-state index is 13.7. The van der Waals surface area contributed by atoms with Gasteiger partial charge in [0.1, 0.15) is 6.04 Å². The maximum Gasteiger partial charge on any atom is 0.231 e. The Bertz CT molecular complexity index is 1160. The number of fused-ring (bicyclic) bond motifs is 2. The second kappa shape index (κ2) is 10.1. The SMILES string of the molecule is CCN(CC)c1ccc(NC(C(=O)c2ccc3c(c2)OCO3)c2ccc3c(c2)OCO3)cc1.Cl. The Morgan fingerprint density at radius 3 is 2.06 bits per heavy atom. The smallest absolute Gasteiger partial charge is 0.231 e. The van der Waals surface area contributed by atoms with Gasteiger partial charge in [-0.2, -0.15) is 0 Å². The molecular weight excluding hydrogens is 456 g/mol. The van der Waals surface area contributed by atoms with Crippen molar-refractivity contribution in [2.75, 3.05) is 36.9 Å². The molecule has 5 rings (SSSR count). The molecule has 3 aromatic rings. The van der Waals surface area contributed by atoms with Gasteiger partial charge in [0.05, 0.1) is 0 Å². The second-order valence-electron chi connectivity index (χ2n) is 7.84. The highest BCUT2D eigenvalue weighted by Crippen LogP contribution is 2.38. The average Bonchev–Trinajstić information content (AvgIpc) is 3.52. The molecule has 8 heteroatoms. The Kier molecular flexibility index (Phi) is 7.03.